The minimum Gasteiger partial charge on any atom is -0.491 e. The Morgan fingerprint density at radius 3 is 2.46 bits per heavy atom. The Kier molecular flexibility index (Phi) is 10.8. The van der Waals surface area contributed by atoms with Gasteiger partial charge in [-0.2, -0.15) is 0 Å². The largest absolute Gasteiger partial charge is 0.491 e. The standard InChI is InChI=1S/C68H60N2O2/c1-43-20-16-23-47(38-43)55-41-60(69(49-25-8-6-9-26-49)58-32-18-30-51-45(3)22-14-15-37-71-66(51)58)54-35-36-68(5)57(48-24-17-21-44(2)39-48)42-61(56-40-46(4)63(55)64(54)65(56)68)70(50-27-10-7-11-28-50)59-33-19-31-53-52-29-12-13-34-62(52)72-67(53)59/h6-12,14-20,22-33,35-37,39-42,44,46-47,52,57-58,62-63,66H,3,21,38H2,1-2,4-5H3/b22-14-,37-15-/t44?,46?,47?,52-,57?,58?,62?,63?,66?,68?/m1/s1. The van der Waals surface area contributed by atoms with Crippen LogP contribution in [-0.2, 0) is 4.74 Å². The molecule has 9 unspecified atom stereocenters. The molecule has 3 aromatic rings. The molecule has 3 aromatic carbocycles. The molecule has 10 aliphatic rings. The third-order valence-electron chi connectivity index (χ3n) is 16.7. The molecular weight excluding hydrogens is 877 g/mol. The molecule has 0 N–H and O–H groups in total. The van der Waals surface area contributed by atoms with E-state index in [4.69, 9.17) is 9.47 Å². The molecule has 0 amide bonds. The summed E-state index contributed by atoms with van der Waals surface area (Å²) in [6.07, 6.45) is 47.7. The first-order valence-corrected chi connectivity index (χ1v) is 26.0. The summed E-state index contributed by atoms with van der Waals surface area (Å²) in [5.41, 5.74) is 18.1. The highest BCUT2D eigenvalue weighted by atomic mass is 16.5. The summed E-state index contributed by atoms with van der Waals surface area (Å²) >= 11 is 0. The van der Waals surface area contributed by atoms with E-state index in [1.54, 1.807) is 0 Å². The minimum atomic E-state index is -0.381. The van der Waals surface area contributed by atoms with E-state index in [9.17, 15) is 0 Å². The van der Waals surface area contributed by atoms with E-state index in [0.29, 0.717) is 5.92 Å². The van der Waals surface area contributed by atoms with Crippen molar-refractivity contribution in [1.29, 1.82) is 0 Å². The van der Waals surface area contributed by atoms with E-state index in [2.05, 4.69) is 232 Å². The lowest BCUT2D eigenvalue weighted by Gasteiger charge is -2.53. The first-order valence-electron chi connectivity index (χ1n) is 26.0. The Bertz CT molecular complexity index is 3370. The fourth-order valence-corrected chi connectivity index (χ4v) is 13.4. The van der Waals surface area contributed by atoms with E-state index in [-0.39, 0.29) is 53.3 Å². The Labute approximate surface area is 425 Å². The highest BCUT2D eigenvalue weighted by Crippen LogP contribution is 2.64. The fraction of sp³-hybridized carbons (Fsp3) is 0.235. The van der Waals surface area contributed by atoms with Crippen molar-refractivity contribution in [3.05, 3.63) is 274 Å². The van der Waals surface area contributed by atoms with Gasteiger partial charge in [0.2, 0.25) is 0 Å². The van der Waals surface area contributed by atoms with Crippen LogP contribution in [0.1, 0.15) is 52.0 Å². The van der Waals surface area contributed by atoms with Crippen LogP contribution in [0.15, 0.2) is 269 Å². The second-order valence-electron chi connectivity index (χ2n) is 21.3. The van der Waals surface area contributed by atoms with Gasteiger partial charge >= 0.3 is 0 Å². The van der Waals surface area contributed by atoms with Gasteiger partial charge in [0.05, 0.1) is 29.6 Å². The van der Waals surface area contributed by atoms with Gasteiger partial charge in [0.15, 0.2) is 6.10 Å². The van der Waals surface area contributed by atoms with Crippen molar-refractivity contribution in [3.63, 3.8) is 0 Å². The molecule has 4 nitrogen and oxygen atoms in total. The molecule has 2 heterocycles. The molecule has 0 saturated heterocycles. The van der Waals surface area contributed by atoms with Gasteiger partial charge in [-0.15, -0.1) is 0 Å². The van der Waals surface area contributed by atoms with E-state index in [1.807, 2.05) is 24.5 Å². The number of anilines is 3. The highest BCUT2D eigenvalue weighted by molar-refractivity contribution is 5.84. The Morgan fingerprint density at radius 2 is 1.64 bits per heavy atom. The van der Waals surface area contributed by atoms with Crippen LogP contribution in [0.25, 0.3) is 0 Å². The van der Waals surface area contributed by atoms with E-state index in [1.165, 1.54) is 56.0 Å². The molecule has 0 fully saturated rings. The summed E-state index contributed by atoms with van der Waals surface area (Å²) in [6.45, 7) is 14.2. The fourth-order valence-electron chi connectivity index (χ4n) is 13.4. The predicted molar refractivity (Wildman–Crippen MR) is 295 cm³/mol. The van der Waals surface area contributed by atoms with Crippen LogP contribution in [0.2, 0.25) is 0 Å². The third kappa shape index (κ3) is 7.11. The molecule has 2 aliphatic heterocycles. The predicted octanol–water partition coefficient (Wildman–Crippen LogP) is 15.5. The smallest absolute Gasteiger partial charge is 0.170 e. The number of rotatable bonds is 8. The average molecular weight is 937 g/mol. The third-order valence-corrected chi connectivity index (χ3v) is 16.7. The number of fused-ring (bicyclic) bond motifs is 4. The number of hydrogen-bond donors (Lipinski definition) is 0. The molecule has 0 radical (unpaired) electrons. The van der Waals surface area contributed by atoms with E-state index >= 15 is 0 Å². The summed E-state index contributed by atoms with van der Waals surface area (Å²) in [5, 5.41) is 0. The normalized spacial score (nSPS) is 31.7. The van der Waals surface area contributed by atoms with Gasteiger partial charge in [0, 0.05) is 57.0 Å². The maximum atomic E-state index is 6.97. The highest BCUT2D eigenvalue weighted by Gasteiger charge is 2.53. The van der Waals surface area contributed by atoms with Crippen molar-refractivity contribution in [1.82, 2.24) is 0 Å². The Balaban J connectivity index is 1.09. The van der Waals surface area contributed by atoms with Gasteiger partial charge in [0.1, 0.15) is 11.9 Å². The minimum absolute atomic E-state index is 0.0317. The van der Waals surface area contributed by atoms with Crippen LogP contribution < -0.4 is 14.5 Å². The molecule has 8 aliphatic carbocycles. The molecule has 0 bridgehead atoms. The van der Waals surface area contributed by atoms with Gasteiger partial charge in [0.25, 0.3) is 0 Å². The zero-order valence-corrected chi connectivity index (χ0v) is 41.6. The lowest BCUT2D eigenvalue weighted by Crippen LogP contribution is -2.47. The topological polar surface area (TPSA) is 24.9 Å². The zero-order chi connectivity index (χ0) is 48.7. The SMILES string of the molecule is C=C1/C=C\C=C/OC2C1=CC=CC2N(C1=C2C=CC3(C)C4=C2C(C(C2C=CC=C(C)C2)=C1)C(C)C=C4C(N(c1ccccc1)c1cccc2c1OC1C#CC=C[C@H]21)=CC3C1=CC(C)CC=C1)c1ccccc1. The van der Waals surface area contributed by atoms with Crippen LogP contribution in [-0.4, -0.2) is 18.2 Å². The van der Waals surface area contributed by atoms with Crippen LogP contribution in [0.5, 0.6) is 5.75 Å². The molecule has 354 valence electrons. The van der Waals surface area contributed by atoms with Gasteiger partial charge in [-0.25, -0.2) is 0 Å². The van der Waals surface area contributed by atoms with Crippen LogP contribution in [0.4, 0.5) is 17.1 Å². The van der Waals surface area contributed by atoms with Crippen LogP contribution in [0, 0.1) is 46.8 Å². The first-order chi connectivity index (χ1) is 35.2. The number of para-hydroxylation sites is 3. The van der Waals surface area contributed by atoms with Crippen molar-refractivity contribution in [2.45, 2.75) is 64.7 Å². The van der Waals surface area contributed by atoms with Crippen LogP contribution in [0.3, 0.4) is 0 Å². The maximum absolute atomic E-state index is 6.97. The van der Waals surface area contributed by atoms with Gasteiger partial charge in [-0.1, -0.05) is 196 Å². The quantitative estimate of drug-likeness (QED) is 0.210. The molecular formula is C68H60N2O2. The molecule has 72 heavy (non-hydrogen) atoms. The first kappa shape index (κ1) is 44.2. The molecule has 0 aromatic heterocycles. The Hall–Kier alpha value is -7.74. The van der Waals surface area contributed by atoms with Gasteiger partial charge in [-0.3, -0.25) is 0 Å². The molecule has 0 saturated carbocycles. The lowest BCUT2D eigenvalue weighted by molar-refractivity contribution is 0.162. The number of benzene rings is 3. The summed E-state index contributed by atoms with van der Waals surface area (Å²) in [4.78, 5) is 5.09. The number of hydrogen-bond acceptors (Lipinski definition) is 4. The number of ether oxygens (including phenoxy) is 2. The van der Waals surface area contributed by atoms with E-state index < -0.39 is 0 Å². The molecule has 0 spiro atoms. The number of allylic oxidation sites excluding steroid dienone is 23. The Morgan fingerprint density at radius 1 is 0.819 bits per heavy atom. The number of nitrogens with zero attached hydrogens (tertiary/aromatic N) is 2. The van der Waals surface area contributed by atoms with E-state index in [0.717, 1.165) is 46.8 Å². The average Bonchev–Trinajstić information content (AvgIpc) is 3.78. The summed E-state index contributed by atoms with van der Waals surface area (Å²) < 4.78 is 13.8. The molecule has 13 rings (SSSR count). The van der Waals surface area contributed by atoms with Gasteiger partial charge < -0.3 is 19.3 Å². The van der Waals surface area contributed by atoms with Crippen molar-refractivity contribution >= 4 is 17.1 Å². The molecule has 4 heteroatoms. The summed E-state index contributed by atoms with van der Waals surface area (Å²) in [6, 6.07) is 28.5. The van der Waals surface area contributed by atoms with Crippen molar-refractivity contribution in [3.8, 4) is 17.6 Å². The maximum Gasteiger partial charge on any atom is 0.170 e. The second kappa shape index (κ2) is 17.5. The summed E-state index contributed by atoms with van der Waals surface area (Å²) in [7, 11) is 0. The van der Waals surface area contributed by atoms with Crippen LogP contribution >= 0.6 is 0 Å². The van der Waals surface area contributed by atoms with Crippen molar-refractivity contribution < 1.29 is 9.47 Å². The van der Waals surface area contributed by atoms with Crippen molar-refractivity contribution in [2.75, 3.05) is 9.80 Å². The second-order valence-corrected chi connectivity index (χ2v) is 21.3. The summed E-state index contributed by atoms with van der Waals surface area (Å²) in [5.74, 6) is 8.60. The van der Waals surface area contributed by atoms with Crippen molar-refractivity contribution in [2.24, 2.45) is 35.0 Å². The zero-order valence-electron chi connectivity index (χ0n) is 41.6. The monoisotopic (exact) mass is 936 g/mol. The molecule has 10 atom stereocenters. The van der Waals surface area contributed by atoms with Gasteiger partial charge in [-0.05, 0) is 108 Å². The lowest BCUT2D eigenvalue weighted by atomic mass is 9.52.